The summed E-state index contributed by atoms with van der Waals surface area (Å²) in [6, 6.07) is 14.7. The number of hydrogen-bond donors (Lipinski definition) is 1. The van der Waals surface area contributed by atoms with E-state index in [-0.39, 0.29) is 23.4 Å². The fourth-order valence-electron chi connectivity index (χ4n) is 4.24. The first-order valence-corrected chi connectivity index (χ1v) is 11.8. The molecule has 188 valence electrons. The van der Waals surface area contributed by atoms with Crippen LogP contribution in [0.4, 0.5) is 0 Å². The number of amides is 1. The summed E-state index contributed by atoms with van der Waals surface area (Å²) < 4.78 is 22.4. The van der Waals surface area contributed by atoms with Crippen molar-refractivity contribution in [3.8, 4) is 17.2 Å². The fourth-order valence-corrected chi connectivity index (χ4v) is 4.24. The van der Waals surface area contributed by atoms with Crippen molar-refractivity contribution >= 4 is 17.4 Å². The van der Waals surface area contributed by atoms with E-state index in [1.165, 1.54) is 4.90 Å². The van der Waals surface area contributed by atoms with Gasteiger partial charge < -0.3 is 28.6 Å². The average Bonchev–Trinajstić information content (AvgIpc) is 3.41. The SMILES string of the molecule is CCOc1ccc(/C(O)=C2/C(=O)C(=O)N(Cc3ccc(OC)cc3)C2c2ccc(C)o2)c(OCC)c1. The first-order valence-electron chi connectivity index (χ1n) is 11.8. The van der Waals surface area contributed by atoms with E-state index in [4.69, 9.17) is 18.6 Å². The van der Waals surface area contributed by atoms with Crippen LogP contribution >= 0.6 is 0 Å². The van der Waals surface area contributed by atoms with Crippen LogP contribution in [0.25, 0.3) is 5.76 Å². The Morgan fingerprint density at radius 1 is 0.972 bits per heavy atom. The van der Waals surface area contributed by atoms with Crippen molar-refractivity contribution in [2.45, 2.75) is 33.4 Å². The highest BCUT2D eigenvalue weighted by Gasteiger charge is 2.47. The van der Waals surface area contributed by atoms with E-state index in [0.717, 1.165) is 5.56 Å². The van der Waals surface area contributed by atoms with Gasteiger partial charge in [-0.1, -0.05) is 12.1 Å². The number of aliphatic hydroxyl groups excluding tert-OH is 1. The van der Waals surface area contributed by atoms with Crippen LogP contribution in [0.5, 0.6) is 17.2 Å². The first-order chi connectivity index (χ1) is 17.4. The van der Waals surface area contributed by atoms with Gasteiger partial charge in [0.25, 0.3) is 11.7 Å². The third-order valence-electron chi connectivity index (χ3n) is 5.90. The molecule has 1 N–H and O–H groups in total. The Kier molecular flexibility index (Phi) is 7.33. The maximum Gasteiger partial charge on any atom is 0.296 e. The van der Waals surface area contributed by atoms with Crippen LogP contribution in [0, 0.1) is 6.92 Å². The van der Waals surface area contributed by atoms with E-state index in [1.54, 1.807) is 56.5 Å². The number of hydrogen-bond acceptors (Lipinski definition) is 7. The molecule has 2 aromatic carbocycles. The van der Waals surface area contributed by atoms with Crippen molar-refractivity contribution in [1.29, 1.82) is 0 Å². The Bertz CT molecular complexity index is 1290. The van der Waals surface area contributed by atoms with Gasteiger partial charge in [0, 0.05) is 12.6 Å². The quantitative estimate of drug-likeness (QED) is 0.255. The Labute approximate surface area is 209 Å². The van der Waals surface area contributed by atoms with Crippen LogP contribution in [0.1, 0.15) is 42.5 Å². The number of ketones is 1. The lowest BCUT2D eigenvalue weighted by Crippen LogP contribution is -2.29. The van der Waals surface area contributed by atoms with Gasteiger partial charge in [0.05, 0.1) is 31.5 Å². The molecule has 1 aromatic heterocycles. The minimum atomic E-state index is -0.915. The van der Waals surface area contributed by atoms with Crippen molar-refractivity contribution in [1.82, 2.24) is 4.90 Å². The topological polar surface area (TPSA) is 98.4 Å². The molecule has 0 bridgehead atoms. The number of ether oxygens (including phenoxy) is 3. The Morgan fingerprint density at radius 3 is 2.28 bits per heavy atom. The molecule has 36 heavy (non-hydrogen) atoms. The van der Waals surface area contributed by atoms with Crippen LogP contribution in [0.15, 0.2) is 64.6 Å². The Balaban J connectivity index is 1.83. The molecular weight excluding hydrogens is 462 g/mol. The van der Waals surface area contributed by atoms with E-state index < -0.39 is 17.7 Å². The third-order valence-corrected chi connectivity index (χ3v) is 5.90. The molecule has 1 fully saturated rings. The zero-order chi connectivity index (χ0) is 25.8. The summed E-state index contributed by atoms with van der Waals surface area (Å²) in [4.78, 5) is 28.0. The van der Waals surface area contributed by atoms with E-state index in [0.29, 0.717) is 42.0 Å². The van der Waals surface area contributed by atoms with Gasteiger partial charge in [0.1, 0.15) is 40.6 Å². The first kappa shape index (κ1) is 24.9. The molecule has 1 aliphatic rings. The smallest absolute Gasteiger partial charge is 0.296 e. The maximum atomic E-state index is 13.3. The molecule has 8 heteroatoms. The minimum absolute atomic E-state index is 0.0621. The summed E-state index contributed by atoms with van der Waals surface area (Å²) in [6.07, 6.45) is 0. The van der Waals surface area contributed by atoms with Crippen LogP contribution in [-0.2, 0) is 16.1 Å². The summed E-state index contributed by atoms with van der Waals surface area (Å²) in [6.45, 7) is 6.39. The lowest BCUT2D eigenvalue weighted by atomic mass is 9.98. The highest BCUT2D eigenvalue weighted by atomic mass is 16.5. The van der Waals surface area contributed by atoms with E-state index in [2.05, 4.69) is 0 Å². The normalized spacial score (nSPS) is 16.9. The summed E-state index contributed by atoms with van der Waals surface area (Å²) in [7, 11) is 1.57. The van der Waals surface area contributed by atoms with Crippen molar-refractivity contribution in [2.75, 3.05) is 20.3 Å². The number of carbonyl (C=O) groups excluding carboxylic acids is 2. The number of Topliss-reactive ketones (excluding diaryl/α,β-unsaturated/α-hetero) is 1. The van der Waals surface area contributed by atoms with Gasteiger partial charge in [-0.3, -0.25) is 9.59 Å². The molecule has 0 radical (unpaired) electrons. The van der Waals surface area contributed by atoms with Crippen LogP contribution < -0.4 is 14.2 Å². The number of furan rings is 1. The zero-order valence-electron chi connectivity index (χ0n) is 20.7. The van der Waals surface area contributed by atoms with Gasteiger partial charge in [0.15, 0.2) is 0 Å². The molecule has 1 atom stereocenters. The van der Waals surface area contributed by atoms with Crippen LogP contribution in [0.2, 0.25) is 0 Å². The van der Waals surface area contributed by atoms with Gasteiger partial charge in [-0.15, -0.1) is 0 Å². The largest absolute Gasteiger partial charge is 0.507 e. The second-order valence-electron chi connectivity index (χ2n) is 8.25. The fraction of sp³-hybridized carbons (Fsp3) is 0.286. The van der Waals surface area contributed by atoms with Gasteiger partial charge in [0.2, 0.25) is 0 Å². The number of aryl methyl sites for hydroxylation is 1. The molecule has 1 aliphatic heterocycles. The van der Waals surface area contributed by atoms with Crippen LogP contribution in [0.3, 0.4) is 0 Å². The molecule has 0 aliphatic carbocycles. The second-order valence-corrected chi connectivity index (χ2v) is 8.25. The Morgan fingerprint density at radius 2 is 1.67 bits per heavy atom. The van der Waals surface area contributed by atoms with Gasteiger partial charge in [-0.2, -0.15) is 0 Å². The third kappa shape index (κ3) is 4.79. The van der Waals surface area contributed by atoms with Crippen LogP contribution in [-0.4, -0.2) is 42.0 Å². The summed E-state index contributed by atoms with van der Waals surface area (Å²) in [5.74, 6) is 0.731. The predicted molar refractivity (Wildman–Crippen MR) is 133 cm³/mol. The number of rotatable bonds is 9. The molecule has 3 aromatic rings. The highest BCUT2D eigenvalue weighted by molar-refractivity contribution is 6.46. The molecule has 1 amide bonds. The molecule has 1 unspecified atom stereocenters. The standard InChI is InChI=1S/C28H29NO7/c1-5-34-20-12-13-21(23(15-20)35-6-2)26(30)24-25(22-14-7-17(3)36-22)29(28(32)27(24)31)16-18-8-10-19(33-4)11-9-18/h7-15,25,30H,5-6,16H2,1-4H3/b26-24-. The molecular formula is C28H29NO7. The van der Waals surface area contributed by atoms with Crippen molar-refractivity contribution < 1.29 is 33.3 Å². The monoisotopic (exact) mass is 491 g/mol. The number of nitrogens with zero attached hydrogens (tertiary/aromatic N) is 1. The number of benzene rings is 2. The van der Waals surface area contributed by atoms with E-state index >= 15 is 0 Å². The molecule has 4 rings (SSSR count). The zero-order valence-corrected chi connectivity index (χ0v) is 20.7. The van der Waals surface area contributed by atoms with Crippen molar-refractivity contribution in [3.63, 3.8) is 0 Å². The van der Waals surface area contributed by atoms with E-state index in [1.807, 2.05) is 26.0 Å². The van der Waals surface area contributed by atoms with Gasteiger partial charge >= 0.3 is 0 Å². The van der Waals surface area contributed by atoms with Crippen molar-refractivity contribution in [2.24, 2.45) is 0 Å². The summed E-state index contributed by atoms with van der Waals surface area (Å²) >= 11 is 0. The molecule has 0 saturated carbocycles. The number of methoxy groups -OCH3 is 1. The summed E-state index contributed by atoms with van der Waals surface area (Å²) in [5, 5.41) is 11.4. The molecule has 2 heterocycles. The maximum absolute atomic E-state index is 13.3. The van der Waals surface area contributed by atoms with Crippen molar-refractivity contribution in [3.05, 3.63) is 82.8 Å². The Hall–Kier alpha value is -4.20. The molecule has 0 spiro atoms. The lowest BCUT2D eigenvalue weighted by molar-refractivity contribution is -0.140. The highest BCUT2D eigenvalue weighted by Crippen LogP contribution is 2.42. The summed E-state index contributed by atoms with van der Waals surface area (Å²) in [5.41, 5.74) is 1.02. The van der Waals surface area contributed by atoms with Gasteiger partial charge in [-0.25, -0.2) is 0 Å². The average molecular weight is 492 g/mol. The second kappa shape index (κ2) is 10.6. The minimum Gasteiger partial charge on any atom is -0.507 e. The number of aliphatic hydroxyl groups is 1. The molecule has 1 saturated heterocycles. The molecule has 8 nitrogen and oxygen atoms in total. The lowest BCUT2D eigenvalue weighted by Gasteiger charge is -2.23. The predicted octanol–water partition coefficient (Wildman–Crippen LogP) is 5.02. The van der Waals surface area contributed by atoms with Gasteiger partial charge in [-0.05, 0) is 62.7 Å². The number of likely N-dealkylation sites (tertiary alicyclic amines) is 1. The van der Waals surface area contributed by atoms with E-state index in [9.17, 15) is 14.7 Å². The number of carbonyl (C=O) groups is 2.